The quantitative estimate of drug-likeness (QED) is 0.706. The maximum Gasteiger partial charge on any atom is 0.252 e. The van der Waals surface area contributed by atoms with Gasteiger partial charge in [0, 0.05) is 17.4 Å². The lowest BCUT2D eigenvalue weighted by Crippen LogP contribution is -2.37. The molecule has 2 atom stereocenters. The first-order valence-corrected chi connectivity index (χ1v) is 12.5. The maximum absolute atomic E-state index is 12.7. The van der Waals surface area contributed by atoms with Crippen molar-refractivity contribution in [2.75, 3.05) is 18.6 Å². The van der Waals surface area contributed by atoms with Gasteiger partial charge in [0.25, 0.3) is 5.91 Å². The minimum atomic E-state index is -3.07. The molecule has 0 unspecified atom stereocenters. The van der Waals surface area contributed by atoms with Crippen molar-refractivity contribution in [3.8, 4) is 5.75 Å². The van der Waals surface area contributed by atoms with Crippen molar-refractivity contribution in [1.82, 2.24) is 4.90 Å². The van der Waals surface area contributed by atoms with Crippen molar-refractivity contribution in [2.24, 2.45) is 4.99 Å². The minimum absolute atomic E-state index is 0.0849. The molecule has 6 nitrogen and oxygen atoms in total. The Hall–Kier alpha value is -2.32. The molecular weight excluding hydrogens is 420 g/mol. The van der Waals surface area contributed by atoms with E-state index in [9.17, 15) is 13.2 Å². The van der Waals surface area contributed by atoms with E-state index in [1.807, 2.05) is 60.4 Å². The van der Waals surface area contributed by atoms with E-state index in [1.54, 1.807) is 7.11 Å². The predicted molar refractivity (Wildman–Crippen MR) is 120 cm³/mol. The Morgan fingerprint density at radius 2 is 1.90 bits per heavy atom. The third-order valence-corrected chi connectivity index (χ3v) is 8.65. The second kappa shape index (κ2) is 8.43. The smallest absolute Gasteiger partial charge is 0.252 e. The van der Waals surface area contributed by atoms with Gasteiger partial charge in [-0.3, -0.25) is 4.79 Å². The van der Waals surface area contributed by atoms with Gasteiger partial charge in [0.1, 0.15) is 5.75 Å². The largest absolute Gasteiger partial charge is 0.496 e. The van der Waals surface area contributed by atoms with E-state index in [0.717, 1.165) is 16.7 Å². The number of thioether (sulfide) groups is 1. The lowest BCUT2D eigenvalue weighted by Gasteiger charge is -2.24. The molecule has 0 saturated carbocycles. The molecule has 4 rings (SSSR count). The zero-order valence-corrected chi connectivity index (χ0v) is 18.6. The number of para-hydroxylation sites is 1. The highest BCUT2D eigenvalue weighted by molar-refractivity contribution is 8.15. The second-order valence-corrected chi connectivity index (χ2v) is 11.1. The normalized spacial score (nSPS) is 23.5. The summed E-state index contributed by atoms with van der Waals surface area (Å²) in [6.07, 6.45) is 0.139. The molecule has 0 spiro atoms. The zero-order chi connectivity index (χ0) is 21.3. The van der Waals surface area contributed by atoms with Crippen LogP contribution in [0.3, 0.4) is 0 Å². The maximum atomic E-state index is 12.7. The fourth-order valence-corrected chi connectivity index (χ4v) is 7.84. The van der Waals surface area contributed by atoms with Crippen LogP contribution in [0.5, 0.6) is 5.75 Å². The summed E-state index contributed by atoms with van der Waals surface area (Å²) in [5.41, 5.74) is 3.01. The van der Waals surface area contributed by atoms with Crippen LogP contribution in [0.25, 0.3) is 0 Å². The molecular formula is C22H24N2O4S2. The number of aliphatic imine (C=N–C) groups is 1. The summed E-state index contributed by atoms with van der Waals surface area (Å²) in [4.78, 5) is 19.1. The van der Waals surface area contributed by atoms with Crippen molar-refractivity contribution < 1.29 is 17.9 Å². The highest BCUT2D eigenvalue weighted by Gasteiger charge is 2.48. The molecule has 0 aliphatic carbocycles. The van der Waals surface area contributed by atoms with Crippen LogP contribution in [0, 0.1) is 6.92 Å². The number of sulfone groups is 1. The number of rotatable bonds is 5. The van der Waals surface area contributed by atoms with E-state index in [0.29, 0.717) is 17.5 Å². The van der Waals surface area contributed by atoms with Gasteiger partial charge in [-0.15, -0.1) is 0 Å². The van der Waals surface area contributed by atoms with Crippen LogP contribution in [0.15, 0.2) is 53.5 Å². The molecule has 2 heterocycles. The van der Waals surface area contributed by atoms with Gasteiger partial charge < -0.3 is 9.64 Å². The predicted octanol–water partition coefficient (Wildman–Crippen LogP) is 2.84. The Balaban J connectivity index is 1.58. The third-order valence-electron chi connectivity index (χ3n) is 5.40. The lowest BCUT2D eigenvalue weighted by atomic mass is 10.1. The first-order chi connectivity index (χ1) is 14.3. The average Bonchev–Trinajstić information content (AvgIpc) is 3.16. The van der Waals surface area contributed by atoms with E-state index in [-0.39, 0.29) is 35.1 Å². The van der Waals surface area contributed by atoms with Crippen LogP contribution in [-0.4, -0.2) is 54.3 Å². The summed E-state index contributed by atoms with van der Waals surface area (Å²) in [7, 11) is -1.49. The van der Waals surface area contributed by atoms with Gasteiger partial charge in [-0.05, 0) is 18.6 Å². The topological polar surface area (TPSA) is 76.0 Å². The van der Waals surface area contributed by atoms with Gasteiger partial charge in [-0.25, -0.2) is 8.42 Å². The molecule has 0 N–H and O–H groups in total. The molecule has 2 aromatic carbocycles. The number of benzene rings is 2. The van der Waals surface area contributed by atoms with Crippen LogP contribution < -0.4 is 4.74 Å². The Kier molecular flexibility index (Phi) is 5.88. The number of carbonyl (C=O) groups is 1. The first-order valence-electron chi connectivity index (χ1n) is 9.77. The number of ether oxygens (including phenoxy) is 1. The standard InChI is InChI=1S/C22H24N2O4S2/c1-15-7-9-16(10-8-15)12-24-18-13-30(26,27)14-20(18)29-22(24)23-21(25)11-17-5-3-4-6-19(17)28-2/h3-10,18,20H,11-14H2,1-2H3/t18-,20+/m1/s1. The van der Waals surface area contributed by atoms with E-state index in [4.69, 9.17) is 4.74 Å². The molecule has 1 amide bonds. The molecule has 2 fully saturated rings. The first kappa shape index (κ1) is 20.9. The van der Waals surface area contributed by atoms with E-state index in [2.05, 4.69) is 4.99 Å². The summed E-state index contributed by atoms with van der Waals surface area (Å²) in [6, 6.07) is 15.4. The monoisotopic (exact) mass is 444 g/mol. The molecule has 2 saturated heterocycles. The number of nitrogens with zero attached hydrogens (tertiary/aromatic N) is 2. The molecule has 0 aromatic heterocycles. The van der Waals surface area contributed by atoms with E-state index in [1.165, 1.54) is 11.8 Å². The van der Waals surface area contributed by atoms with Crippen LogP contribution in [0.2, 0.25) is 0 Å². The van der Waals surface area contributed by atoms with Crippen LogP contribution in [0.1, 0.15) is 16.7 Å². The van der Waals surface area contributed by atoms with Crippen molar-refractivity contribution in [3.63, 3.8) is 0 Å². The molecule has 2 aliphatic heterocycles. The Morgan fingerprint density at radius 3 is 2.63 bits per heavy atom. The molecule has 158 valence electrons. The number of hydrogen-bond acceptors (Lipinski definition) is 5. The summed E-state index contributed by atoms with van der Waals surface area (Å²) in [5, 5.41) is 0.527. The zero-order valence-electron chi connectivity index (χ0n) is 16.9. The molecule has 2 aromatic rings. The van der Waals surface area contributed by atoms with Gasteiger partial charge in [0.2, 0.25) is 0 Å². The van der Waals surface area contributed by atoms with Crippen molar-refractivity contribution in [3.05, 3.63) is 65.2 Å². The van der Waals surface area contributed by atoms with Gasteiger partial charge in [-0.2, -0.15) is 4.99 Å². The highest BCUT2D eigenvalue weighted by Crippen LogP contribution is 2.39. The SMILES string of the molecule is COc1ccccc1CC(=O)N=C1S[C@H]2CS(=O)(=O)C[C@H]2N1Cc1ccc(C)cc1. The van der Waals surface area contributed by atoms with E-state index < -0.39 is 9.84 Å². The Morgan fingerprint density at radius 1 is 1.17 bits per heavy atom. The summed E-state index contributed by atoms with van der Waals surface area (Å²) in [5.74, 6) is 0.631. The molecule has 0 radical (unpaired) electrons. The highest BCUT2D eigenvalue weighted by atomic mass is 32.2. The number of carbonyl (C=O) groups excluding carboxylic acids is 1. The second-order valence-electron chi connectivity index (χ2n) is 7.69. The summed E-state index contributed by atoms with van der Waals surface area (Å²) < 4.78 is 29.7. The van der Waals surface area contributed by atoms with Gasteiger partial charge in [0.15, 0.2) is 15.0 Å². The lowest BCUT2D eigenvalue weighted by molar-refractivity contribution is -0.117. The average molecular weight is 445 g/mol. The van der Waals surface area contributed by atoms with Crippen molar-refractivity contribution >= 4 is 32.7 Å². The fourth-order valence-electron chi connectivity index (χ4n) is 3.87. The van der Waals surface area contributed by atoms with Gasteiger partial charge in [-0.1, -0.05) is 59.8 Å². The molecule has 8 heteroatoms. The number of methoxy groups -OCH3 is 1. The number of hydrogen-bond donors (Lipinski definition) is 0. The molecule has 2 aliphatic rings. The van der Waals surface area contributed by atoms with Crippen LogP contribution >= 0.6 is 11.8 Å². The Labute approximate surface area is 181 Å². The van der Waals surface area contributed by atoms with Crippen LogP contribution in [-0.2, 0) is 27.6 Å². The van der Waals surface area contributed by atoms with Gasteiger partial charge >= 0.3 is 0 Å². The summed E-state index contributed by atoms with van der Waals surface area (Å²) in [6.45, 7) is 2.56. The summed E-state index contributed by atoms with van der Waals surface area (Å²) >= 11 is 1.41. The number of amides is 1. The third kappa shape index (κ3) is 4.54. The number of aryl methyl sites for hydroxylation is 1. The van der Waals surface area contributed by atoms with E-state index >= 15 is 0 Å². The van der Waals surface area contributed by atoms with Crippen molar-refractivity contribution in [1.29, 1.82) is 0 Å². The van der Waals surface area contributed by atoms with Crippen molar-refractivity contribution in [2.45, 2.75) is 31.2 Å². The minimum Gasteiger partial charge on any atom is -0.496 e. The number of amidine groups is 1. The Bertz CT molecular complexity index is 1080. The molecule has 0 bridgehead atoms. The molecule has 30 heavy (non-hydrogen) atoms. The van der Waals surface area contributed by atoms with Crippen LogP contribution in [0.4, 0.5) is 0 Å². The fraction of sp³-hybridized carbons (Fsp3) is 0.364. The number of fused-ring (bicyclic) bond motifs is 1. The van der Waals surface area contributed by atoms with Gasteiger partial charge in [0.05, 0.1) is 31.1 Å².